The Bertz CT molecular complexity index is 530. The number of carbonyl (C=O) groups is 1. The van der Waals surface area contributed by atoms with Gasteiger partial charge in [-0.25, -0.2) is 0 Å². The van der Waals surface area contributed by atoms with Gasteiger partial charge in [0.2, 0.25) is 5.91 Å². The van der Waals surface area contributed by atoms with Gasteiger partial charge < -0.3 is 4.90 Å². The van der Waals surface area contributed by atoms with Crippen LogP contribution in [-0.2, 0) is 4.79 Å². The number of benzene rings is 1. The maximum atomic E-state index is 12.5. The molecule has 2 nitrogen and oxygen atoms in total. The Morgan fingerprint density at radius 1 is 1.15 bits per heavy atom. The van der Waals surface area contributed by atoms with E-state index in [1.807, 2.05) is 11.0 Å². The quantitative estimate of drug-likeness (QED) is 0.749. The van der Waals surface area contributed by atoms with Crippen molar-refractivity contribution in [1.29, 1.82) is 0 Å². The minimum Gasteiger partial charge on any atom is -0.338 e. The molecule has 0 spiro atoms. The number of carbonyl (C=O) groups excluding carboxylic acids is 1. The molecule has 1 aliphatic heterocycles. The summed E-state index contributed by atoms with van der Waals surface area (Å²) in [6.45, 7) is 1.63. The third-order valence-corrected chi connectivity index (χ3v) is 4.28. The van der Waals surface area contributed by atoms with Crippen molar-refractivity contribution in [2.75, 3.05) is 13.1 Å². The summed E-state index contributed by atoms with van der Waals surface area (Å²) < 4.78 is 0. The van der Waals surface area contributed by atoms with Crippen LogP contribution in [0.3, 0.4) is 0 Å². The van der Waals surface area contributed by atoms with Crippen LogP contribution in [0.15, 0.2) is 48.6 Å². The normalized spacial score (nSPS) is 22.5. The van der Waals surface area contributed by atoms with E-state index < -0.39 is 0 Å². The molecule has 104 valence electrons. The van der Waals surface area contributed by atoms with Crippen molar-refractivity contribution >= 4 is 11.5 Å². The molecule has 1 atom stereocenters. The second-order valence-corrected chi connectivity index (χ2v) is 5.61. The summed E-state index contributed by atoms with van der Waals surface area (Å²) in [5, 5.41) is 0. The monoisotopic (exact) mass is 267 g/mol. The van der Waals surface area contributed by atoms with Crippen molar-refractivity contribution in [2.24, 2.45) is 5.92 Å². The highest BCUT2D eigenvalue weighted by Crippen LogP contribution is 2.25. The molecule has 1 aliphatic carbocycles. The number of hydrogen-bond acceptors (Lipinski definition) is 1. The van der Waals surface area contributed by atoms with Gasteiger partial charge in [-0.1, -0.05) is 48.6 Å². The Hall–Kier alpha value is -1.83. The largest absolute Gasteiger partial charge is 0.338 e. The first kappa shape index (κ1) is 13.2. The highest BCUT2D eigenvalue weighted by molar-refractivity contribution is 5.80. The SMILES string of the molecule is O=C([C@@H]1CC=CCC1)N1CC=C(c2ccccc2)CC1. The van der Waals surface area contributed by atoms with E-state index in [0.717, 1.165) is 38.8 Å². The third kappa shape index (κ3) is 2.84. The summed E-state index contributed by atoms with van der Waals surface area (Å²) in [7, 11) is 0. The van der Waals surface area contributed by atoms with Crippen molar-refractivity contribution < 1.29 is 4.79 Å². The van der Waals surface area contributed by atoms with Crippen LogP contribution >= 0.6 is 0 Å². The fourth-order valence-electron chi connectivity index (χ4n) is 3.06. The zero-order valence-electron chi connectivity index (χ0n) is 11.8. The maximum absolute atomic E-state index is 12.5. The Labute approximate surface area is 120 Å². The summed E-state index contributed by atoms with van der Waals surface area (Å²) in [5.74, 6) is 0.560. The zero-order valence-corrected chi connectivity index (χ0v) is 11.8. The highest BCUT2D eigenvalue weighted by atomic mass is 16.2. The van der Waals surface area contributed by atoms with Crippen molar-refractivity contribution in [3.05, 3.63) is 54.1 Å². The molecule has 1 heterocycles. The summed E-state index contributed by atoms with van der Waals surface area (Å²) in [6, 6.07) is 10.5. The van der Waals surface area contributed by atoms with Gasteiger partial charge in [-0.15, -0.1) is 0 Å². The van der Waals surface area contributed by atoms with Gasteiger partial charge in [-0.05, 0) is 36.8 Å². The van der Waals surface area contributed by atoms with Crippen molar-refractivity contribution in [3.63, 3.8) is 0 Å². The van der Waals surface area contributed by atoms with Gasteiger partial charge in [-0.2, -0.15) is 0 Å². The summed E-state index contributed by atoms with van der Waals surface area (Å²) in [6.07, 6.45) is 10.5. The average Bonchev–Trinajstić information content (AvgIpc) is 2.56. The van der Waals surface area contributed by atoms with E-state index in [2.05, 4.69) is 42.5 Å². The number of allylic oxidation sites excluding steroid dienone is 2. The first-order valence-electron chi connectivity index (χ1n) is 7.53. The van der Waals surface area contributed by atoms with E-state index in [1.54, 1.807) is 0 Å². The Morgan fingerprint density at radius 2 is 2.00 bits per heavy atom. The van der Waals surface area contributed by atoms with Gasteiger partial charge in [0, 0.05) is 19.0 Å². The molecule has 0 fully saturated rings. The molecule has 0 aromatic heterocycles. The molecule has 1 aromatic rings. The molecular weight excluding hydrogens is 246 g/mol. The van der Waals surface area contributed by atoms with Crippen molar-refractivity contribution in [2.45, 2.75) is 25.7 Å². The number of hydrogen-bond donors (Lipinski definition) is 0. The Balaban J connectivity index is 1.64. The molecule has 20 heavy (non-hydrogen) atoms. The van der Waals surface area contributed by atoms with Crippen LogP contribution < -0.4 is 0 Å². The molecule has 0 radical (unpaired) electrons. The predicted octanol–water partition coefficient (Wildman–Crippen LogP) is 3.66. The van der Waals surface area contributed by atoms with E-state index >= 15 is 0 Å². The second-order valence-electron chi connectivity index (χ2n) is 5.61. The van der Waals surface area contributed by atoms with Crippen LogP contribution in [-0.4, -0.2) is 23.9 Å². The molecule has 3 rings (SSSR count). The predicted molar refractivity (Wildman–Crippen MR) is 82.1 cm³/mol. The molecular formula is C18H21NO. The fraction of sp³-hybridized carbons (Fsp3) is 0.389. The minimum atomic E-state index is 0.215. The molecule has 0 saturated heterocycles. The van der Waals surface area contributed by atoms with Crippen LogP contribution in [0.5, 0.6) is 0 Å². The molecule has 0 N–H and O–H groups in total. The molecule has 2 aliphatic rings. The fourth-order valence-corrected chi connectivity index (χ4v) is 3.06. The number of nitrogens with zero attached hydrogens (tertiary/aromatic N) is 1. The van der Waals surface area contributed by atoms with Gasteiger partial charge in [0.25, 0.3) is 0 Å². The van der Waals surface area contributed by atoms with Crippen LogP contribution in [0.2, 0.25) is 0 Å². The summed E-state index contributed by atoms with van der Waals surface area (Å²) >= 11 is 0. The molecule has 1 aromatic carbocycles. The maximum Gasteiger partial charge on any atom is 0.226 e. The lowest BCUT2D eigenvalue weighted by Crippen LogP contribution is -2.39. The van der Waals surface area contributed by atoms with Gasteiger partial charge in [0.15, 0.2) is 0 Å². The topological polar surface area (TPSA) is 20.3 Å². The van der Waals surface area contributed by atoms with E-state index in [9.17, 15) is 4.79 Å². The lowest BCUT2D eigenvalue weighted by Gasteiger charge is -2.30. The molecule has 0 saturated carbocycles. The van der Waals surface area contributed by atoms with Gasteiger partial charge in [0.05, 0.1) is 0 Å². The highest BCUT2D eigenvalue weighted by Gasteiger charge is 2.25. The van der Waals surface area contributed by atoms with Gasteiger partial charge in [-0.3, -0.25) is 4.79 Å². The lowest BCUT2D eigenvalue weighted by atomic mass is 9.92. The van der Waals surface area contributed by atoms with Gasteiger partial charge >= 0.3 is 0 Å². The smallest absolute Gasteiger partial charge is 0.226 e. The molecule has 2 heteroatoms. The van der Waals surface area contributed by atoms with Crippen LogP contribution in [0.1, 0.15) is 31.2 Å². The van der Waals surface area contributed by atoms with Crippen molar-refractivity contribution in [3.8, 4) is 0 Å². The zero-order chi connectivity index (χ0) is 13.8. The van der Waals surface area contributed by atoms with Gasteiger partial charge in [0.1, 0.15) is 0 Å². The summed E-state index contributed by atoms with van der Waals surface area (Å²) in [4.78, 5) is 14.5. The van der Waals surface area contributed by atoms with E-state index in [1.165, 1.54) is 11.1 Å². The average molecular weight is 267 g/mol. The van der Waals surface area contributed by atoms with E-state index in [-0.39, 0.29) is 5.92 Å². The van der Waals surface area contributed by atoms with E-state index in [0.29, 0.717) is 5.91 Å². The number of rotatable bonds is 2. The number of amides is 1. The van der Waals surface area contributed by atoms with E-state index in [4.69, 9.17) is 0 Å². The second kappa shape index (κ2) is 6.08. The molecule has 1 amide bonds. The molecule has 0 bridgehead atoms. The van der Waals surface area contributed by atoms with Crippen molar-refractivity contribution in [1.82, 2.24) is 4.90 Å². The van der Waals surface area contributed by atoms with Crippen LogP contribution in [0.25, 0.3) is 5.57 Å². The molecule has 0 unspecified atom stereocenters. The van der Waals surface area contributed by atoms with Crippen LogP contribution in [0, 0.1) is 5.92 Å². The first-order valence-corrected chi connectivity index (χ1v) is 7.53. The first-order chi connectivity index (χ1) is 9.84. The lowest BCUT2D eigenvalue weighted by molar-refractivity contribution is -0.135. The van der Waals surface area contributed by atoms with Crippen LogP contribution in [0.4, 0.5) is 0 Å². The summed E-state index contributed by atoms with van der Waals surface area (Å²) in [5.41, 5.74) is 2.67. The Morgan fingerprint density at radius 3 is 2.65 bits per heavy atom. The standard InChI is InChI=1S/C18H21NO/c20-18(17-9-5-2-6-10-17)19-13-11-16(12-14-19)15-7-3-1-4-8-15/h1-5,7-8,11,17H,6,9-10,12-14H2/t17-/m1/s1. The third-order valence-electron chi connectivity index (χ3n) is 4.28. The Kier molecular flexibility index (Phi) is 4.00. The minimum absolute atomic E-state index is 0.215.